The summed E-state index contributed by atoms with van der Waals surface area (Å²) in [4.78, 5) is 0. The zero-order chi connectivity index (χ0) is 12.2. The molecule has 1 rings (SSSR count). The first-order valence-corrected chi connectivity index (χ1v) is 5.63. The van der Waals surface area contributed by atoms with Gasteiger partial charge in [-0.3, -0.25) is 0 Å². The Bertz CT molecular complexity index is 314. The largest absolute Gasteiger partial charge is 0.491 e. The maximum absolute atomic E-state index is 9.51. The Balaban J connectivity index is 2.58. The first kappa shape index (κ1) is 13.0. The Morgan fingerprint density at radius 3 is 2.31 bits per heavy atom. The van der Waals surface area contributed by atoms with Crippen LogP contribution in [0.4, 0.5) is 0 Å². The Labute approximate surface area is 97.2 Å². The van der Waals surface area contributed by atoms with Gasteiger partial charge in [0.25, 0.3) is 0 Å². The number of nitrogens with two attached hydrogens (primary N) is 1. The Morgan fingerprint density at radius 1 is 1.31 bits per heavy atom. The molecular weight excluding hydrogens is 202 g/mol. The van der Waals surface area contributed by atoms with Gasteiger partial charge in [0.1, 0.15) is 12.4 Å². The number of rotatable bonds is 5. The van der Waals surface area contributed by atoms with Gasteiger partial charge in [0.05, 0.1) is 5.60 Å². The predicted molar refractivity (Wildman–Crippen MR) is 65.5 cm³/mol. The Kier molecular flexibility index (Phi) is 4.33. The first-order chi connectivity index (χ1) is 7.42. The maximum atomic E-state index is 9.51. The highest BCUT2D eigenvalue weighted by Gasteiger charge is 2.13. The monoisotopic (exact) mass is 223 g/mol. The van der Waals surface area contributed by atoms with Crippen LogP contribution in [0.1, 0.15) is 38.8 Å². The SMILES string of the molecule is CCC(N)c1ccc(OCC(C)(C)O)cc1. The fourth-order valence-corrected chi connectivity index (χ4v) is 1.31. The molecule has 0 amide bonds. The normalized spacial score (nSPS) is 13.6. The third-order valence-electron chi connectivity index (χ3n) is 2.34. The summed E-state index contributed by atoms with van der Waals surface area (Å²) in [6, 6.07) is 7.79. The van der Waals surface area contributed by atoms with Crippen LogP contribution in [0.2, 0.25) is 0 Å². The lowest BCUT2D eigenvalue weighted by molar-refractivity contribution is 0.0285. The van der Waals surface area contributed by atoms with Crippen LogP contribution in [0.25, 0.3) is 0 Å². The Hall–Kier alpha value is -1.06. The van der Waals surface area contributed by atoms with Crippen molar-refractivity contribution < 1.29 is 9.84 Å². The summed E-state index contributed by atoms with van der Waals surface area (Å²) in [5.41, 5.74) is 6.21. The maximum Gasteiger partial charge on any atom is 0.119 e. The fraction of sp³-hybridized carbons (Fsp3) is 0.538. The third kappa shape index (κ3) is 4.21. The van der Waals surface area contributed by atoms with Crippen molar-refractivity contribution in [1.82, 2.24) is 0 Å². The van der Waals surface area contributed by atoms with Crippen LogP contribution >= 0.6 is 0 Å². The molecule has 3 nitrogen and oxygen atoms in total. The summed E-state index contributed by atoms with van der Waals surface area (Å²) in [6.07, 6.45) is 0.921. The van der Waals surface area contributed by atoms with E-state index in [9.17, 15) is 5.11 Å². The van der Waals surface area contributed by atoms with Gasteiger partial charge in [0.15, 0.2) is 0 Å². The number of benzene rings is 1. The predicted octanol–water partition coefficient (Wildman–Crippen LogP) is 2.25. The minimum Gasteiger partial charge on any atom is -0.491 e. The van der Waals surface area contributed by atoms with Gasteiger partial charge in [0.2, 0.25) is 0 Å². The number of hydrogen-bond acceptors (Lipinski definition) is 3. The average Bonchev–Trinajstić information content (AvgIpc) is 2.25. The van der Waals surface area contributed by atoms with Crippen LogP contribution in [0, 0.1) is 0 Å². The summed E-state index contributed by atoms with van der Waals surface area (Å²) in [5.74, 6) is 0.758. The molecule has 0 fully saturated rings. The van der Waals surface area contributed by atoms with Crippen molar-refractivity contribution >= 4 is 0 Å². The summed E-state index contributed by atoms with van der Waals surface area (Å²) >= 11 is 0. The lowest BCUT2D eigenvalue weighted by Crippen LogP contribution is -2.27. The lowest BCUT2D eigenvalue weighted by Gasteiger charge is -2.18. The molecule has 3 N–H and O–H groups in total. The van der Waals surface area contributed by atoms with Gasteiger partial charge in [-0.25, -0.2) is 0 Å². The van der Waals surface area contributed by atoms with Gasteiger partial charge in [-0.2, -0.15) is 0 Å². The fourth-order valence-electron chi connectivity index (χ4n) is 1.31. The lowest BCUT2D eigenvalue weighted by atomic mass is 10.1. The average molecular weight is 223 g/mol. The smallest absolute Gasteiger partial charge is 0.119 e. The zero-order valence-electron chi connectivity index (χ0n) is 10.2. The molecule has 0 aliphatic rings. The highest BCUT2D eigenvalue weighted by atomic mass is 16.5. The van der Waals surface area contributed by atoms with Crippen LogP contribution < -0.4 is 10.5 Å². The van der Waals surface area contributed by atoms with E-state index in [1.807, 2.05) is 24.3 Å². The second-order valence-electron chi connectivity index (χ2n) is 4.68. The van der Waals surface area contributed by atoms with Crippen molar-refractivity contribution in [3.63, 3.8) is 0 Å². The molecule has 0 aromatic heterocycles. The van der Waals surface area contributed by atoms with Crippen LogP contribution in [0.15, 0.2) is 24.3 Å². The van der Waals surface area contributed by atoms with Crippen LogP contribution in [-0.4, -0.2) is 17.3 Å². The van der Waals surface area contributed by atoms with Gasteiger partial charge in [-0.1, -0.05) is 19.1 Å². The van der Waals surface area contributed by atoms with E-state index in [0.29, 0.717) is 0 Å². The minimum absolute atomic E-state index is 0.0864. The second kappa shape index (κ2) is 5.32. The zero-order valence-corrected chi connectivity index (χ0v) is 10.2. The van der Waals surface area contributed by atoms with Crippen molar-refractivity contribution in [3.05, 3.63) is 29.8 Å². The topological polar surface area (TPSA) is 55.5 Å². The van der Waals surface area contributed by atoms with Crippen molar-refractivity contribution in [2.24, 2.45) is 5.73 Å². The molecule has 0 aliphatic carbocycles. The number of hydrogen-bond donors (Lipinski definition) is 2. The molecule has 0 radical (unpaired) electrons. The van der Waals surface area contributed by atoms with Crippen LogP contribution in [-0.2, 0) is 0 Å². The molecule has 0 saturated heterocycles. The molecule has 3 heteroatoms. The minimum atomic E-state index is -0.807. The molecule has 1 atom stereocenters. The van der Waals surface area contributed by atoms with Crippen molar-refractivity contribution in [3.8, 4) is 5.75 Å². The molecule has 1 aromatic carbocycles. The molecule has 0 saturated carbocycles. The molecule has 16 heavy (non-hydrogen) atoms. The molecule has 0 bridgehead atoms. The highest BCUT2D eigenvalue weighted by Crippen LogP contribution is 2.19. The van der Waals surface area contributed by atoms with Crippen molar-refractivity contribution in [1.29, 1.82) is 0 Å². The van der Waals surface area contributed by atoms with E-state index in [0.717, 1.165) is 17.7 Å². The van der Waals surface area contributed by atoms with Gasteiger partial charge in [0, 0.05) is 6.04 Å². The van der Waals surface area contributed by atoms with E-state index < -0.39 is 5.60 Å². The molecule has 1 aromatic rings. The Morgan fingerprint density at radius 2 is 1.88 bits per heavy atom. The van der Waals surface area contributed by atoms with E-state index in [1.165, 1.54) is 0 Å². The molecule has 90 valence electrons. The van der Waals surface area contributed by atoms with Crippen LogP contribution in [0.3, 0.4) is 0 Å². The summed E-state index contributed by atoms with van der Waals surface area (Å²) in [7, 11) is 0. The standard InChI is InChI=1S/C13H21NO2/c1-4-12(14)10-5-7-11(8-6-10)16-9-13(2,3)15/h5-8,12,15H,4,9,14H2,1-3H3. The number of ether oxygens (including phenoxy) is 1. The van der Waals surface area contributed by atoms with E-state index in [2.05, 4.69) is 6.92 Å². The first-order valence-electron chi connectivity index (χ1n) is 5.63. The van der Waals surface area contributed by atoms with Gasteiger partial charge < -0.3 is 15.6 Å². The second-order valence-corrected chi connectivity index (χ2v) is 4.68. The summed E-state index contributed by atoms with van der Waals surface area (Å²) in [6.45, 7) is 5.78. The van der Waals surface area contributed by atoms with Crippen molar-refractivity contribution in [2.75, 3.05) is 6.61 Å². The molecule has 1 unspecified atom stereocenters. The van der Waals surface area contributed by atoms with E-state index in [1.54, 1.807) is 13.8 Å². The van der Waals surface area contributed by atoms with E-state index >= 15 is 0 Å². The summed E-state index contributed by atoms with van der Waals surface area (Å²) < 4.78 is 5.45. The molecule has 0 aliphatic heterocycles. The number of aliphatic hydroxyl groups is 1. The molecular formula is C13H21NO2. The van der Waals surface area contributed by atoms with Gasteiger partial charge >= 0.3 is 0 Å². The van der Waals surface area contributed by atoms with E-state index in [-0.39, 0.29) is 12.6 Å². The van der Waals surface area contributed by atoms with Gasteiger partial charge in [-0.15, -0.1) is 0 Å². The third-order valence-corrected chi connectivity index (χ3v) is 2.34. The van der Waals surface area contributed by atoms with Crippen molar-refractivity contribution in [2.45, 2.75) is 38.8 Å². The quantitative estimate of drug-likeness (QED) is 0.805. The van der Waals surface area contributed by atoms with E-state index in [4.69, 9.17) is 10.5 Å². The highest BCUT2D eigenvalue weighted by molar-refractivity contribution is 5.29. The molecule has 0 spiro atoms. The summed E-state index contributed by atoms with van der Waals surface area (Å²) in [5, 5.41) is 9.51. The van der Waals surface area contributed by atoms with Gasteiger partial charge in [-0.05, 0) is 38.0 Å². The van der Waals surface area contributed by atoms with Crippen LogP contribution in [0.5, 0.6) is 5.75 Å². The molecule has 0 heterocycles.